The molecule has 124 valence electrons. The first-order valence-corrected chi connectivity index (χ1v) is 8.78. The molecule has 0 bridgehead atoms. The number of furan rings is 1. The highest BCUT2D eigenvalue weighted by atomic mass is 32.2. The topological polar surface area (TPSA) is 97.7 Å². The summed E-state index contributed by atoms with van der Waals surface area (Å²) in [6, 6.07) is 11.1. The molecule has 2 rings (SSSR count). The highest BCUT2D eigenvalue weighted by molar-refractivity contribution is 7.89. The van der Waals surface area contributed by atoms with E-state index in [2.05, 4.69) is 9.71 Å². The van der Waals surface area contributed by atoms with Crippen molar-refractivity contribution in [3.05, 3.63) is 54.5 Å². The minimum Gasteiger partial charge on any atom is -0.467 e. The summed E-state index contributed by atoms with van der Waals surface area (Å²) in [5.74, 6) is 0.853. The summed E-state index contributed by atoms with van der Waals surface area (Å²) in [7, 11) is -3.66. The van der Waals surface area contributed by atoms with E-state index in [1.807, 2.05) is 13.8 Å². The predicted molar refractivity (Wildman–Crippen MR) is 89.4 cm³/mol. The lowest BCUT2D eigenvalue weighted by atomic mass is 10.1. The molecule has 2 aromatic rings. The quantitative estimate of drug-likeness (QED) is 0.598. The van der Waals surface area contributed by atoms with Crippen LogP contribution in [-0.2, 0) is 16.6 Å². The molecule has 0 saturated carbocycles. The molecule has 3 N–H and O–H groups in total. The van der Waals surface area contributed by atoms with Gasteiger partial charge in [-0.05, 0) is 30.2 Å². The van der Waals surface area contributed by atoms with Crippen LogP contribution in [0, 0.1) is 5.92 Å². The Morgan fingerprint density at radius 1 is 1.22 bits per heavy atom. The second-order valence-electron chi connectivity index (χ2n) is 5.48. The maximum Gasteiger partial charge on any atom is 0.241 e. The van der Waals surface area contributed by atoms with Gasteiger partial charge >= 0.3 is 0 Å². The van der Waals surface area contributed by atoms with Gasteiger partial charge in [-0.3, -0.25) is 4.99 Å². The molecule has 0 saturated heterocycles. The average molecular weight is 335 g/mol. The Labute approximate surface area is 136 Å². The molecule has 0 radical (unpaired) electrons. The maximum atomic E-state index is 12.4. The van der Waals surface area contributed by atoms with E-state index >= 15 is 0 Å². The Morgan fingerprint density at radius 3 is 2.48 bits per heavy atom. The zero-order valence-corrected chi connectivity index (χ0v) is 14.0. The summed E-state index contributed by atoms with van der Waals surface area (Å²) in [4.78, 5) is 4.44. The van der Waals surface area contributed by atoms with E-state index in [1.54, 1.807) is 36.6 Å². The third-order valence-corrected chi connectivity index (χ3v) is 4.78. The zero-order valence-electron chi connectivity index (χ0n) is 13.1. The molecule has 1 aromatic heterocycles. The Bertz CT molecular complexity index is 738. The van der Waals surface area contributed by atoms with E-state index < -0.39 is 16.1 Å². The van der Waals surface area contributed by atoms with E-state index in [9.17, 15) is 8.42 Å². The third-order valence-electron chi connectivity index (χ3n) is 3.32. The first-order chi connectivity index (χ1) is 10.9. The summed E-state index contributed by atoms with van der Waals surface area (Å²) < 4.78 is 32.7. The average Bonchev–Trinajstić information content (AvgIpc) is 3.04. The number of hydrogen-bond acceptors (Lipinski definition) is 4. The standard InChI is InChI=1S/C16H21N3O3S/c1-12(2)15(16(17)18-11-13-7-6-10-22-13)19-23(20,21)14-8-4-3-5-9-14/h3-10,12,15,19H,11H2,1-2H3,(H2,17,18). The van der Waals surface area contributed by atoms with Crippen molar-refractivity contribution >= 4 is 15.9 Å². The number of hydrogen-bond donors (Lipinski definition) is 2. The van der Waals surface area contributed by atoms with Gasteiger partial charge in [-0.15, -0.1) is 0 Å². The minimum atomic E-state index is -3.66. The molecule has 0 aliphatic rings. The van der Waals surface area contributed by atoms with Crippen molar-refractivity contribution in [2.45, 2.75) is 31.3 Å². The summed E-state index contributed by atoms with van der Waals surface area (Å²) in [6.07, 6.45) is 1.55. The number of benzene rings is 1. The highest BCUT2D eigenvalue weighted by Gasteiger charge is 2.25. The second kappa shape index (κ2) is 7.43. The first kappa shape index (κ1) is 17.2. The minimum absolute atomic E-state index is 0.0474. The molecule has 7 heteroatoms. The van der Waals surface area contributed by atoms with Crippen LogP contribution in [-0.4, -0.2) is 20.3 Å². The molecule has 0 spiro atoms. The molecule has 23 heavy (non-hydrogen) atoms. The van der Waals surface area contributed by atoms with Crippen molar-refractivity contribution in [1.82, 2.24) is 4.72 Å². The Morgan fingerprint density at radius 2 is 1.91 bits per heavy atom. The molecule has 1 aromatic carbocycles. The van der Waals surface area contributed by atoms with Gasteiger partial charge in [-0.25, -0.2) is 13.1 Å². The molecular formula is C16H21N3O3S. The molecule has 0 amide bonds. The van der Waals surface area contributed by atoms with E-state index in [-0.39, 0.29) is 23.2 Å². The summed E-state index contributed by atoms with van der Waals surface area (Å²) in [6.45, 7) is 4.04. The molecule has 1 atom stereocenters. The van der Waals surface area contributed by atoms with Gasteiger partial charge in [0, 0.05) is 0 Å². The van der Waals surface area contributed by atoms with Gasteiger partial charge in [0.1, 0.15) is 11.6 Å². The normalized spacial score (nSPS) is 14.1. The van der Waals surface area contributed by atoms with Gasteiger partial charge in [0.15, 0.2) is 0 Å². The lowest BCUT2D eigenvalue weighted by Gasteiger charge is -2.21. The number of nitrogens with one attached hydrogen (secondary N) is 1. The lowest BCUT2D eigenvalue weighted by Crippen LogP contribution is -2.47. The SMILES string of the molecule is CC(C)C(NS(=O)(=O)c1ccccc1)C(N)=NCc1ccco1. The van der Waals surface area contributed by atoms with Crippen LogP contribution in [0.3, 0.4) is 0 Å². The van der Waals surface area contributed by atoms with Crippen molar-refractivity contribution in [3.8, 4) is 0 Å². The fourth-order valence-corrected chi connectivity index (χ4v) is 3.42. The van der Waals surface area contributed by atoms with Gasteiger partial charge in [0.25, 0.3) is 0 Å². The number of nitrogens with two attached hydrogens (primary N) is 1. The highest BCUT2D eigenvalue weighted by Crippen LogP contribution is 2.12. The fraction of sp³-hybridized carbons (Fsp3) is 0.312. The molecule has 1 unspecified atom stereocenters. The van der Waals surface area contributed by atoms with Crippen molar-refractivity contribution in [2.24, 2.45) is 16.6 Å². The molecular weight excluding hydrogens is 314 g/mol. The molecule has 6 nitrogen and oxygen atoms in total. The van der Waals surface area contributed by atoms with Crippen LogP contribution >= 0.6 is 0 Å². The summed E-state index contributed by atoms with van der Waals surface area (Å²) >= 11 is 0. The fourth-order valence-electron chi connectivity index (χ4n) is 2.04. The van der Waals surface area contributed by atoms with Crippen molar-refractivity contribution in [2.75, 3.05) is 0 Å². The van der Waals surface area contributed by atoms with Gasteiger partial charge in [-0.1, -0.05) is 32.0 Å². The second-order valence-corrected chi connectivity index (χ2v) is 7.19. The number of rotatable bonds is 7. The number of aliphatic imine (C=N–C) groups is 1. The summed E-state index contributed by atoms with van der Waals surface area (Å²) in [5.41, 5.74) is 6.00. The van der Waals surface area contributed by atoms with Gasteiger partial charge in [0.05, 0.1) is 23.7 Å². The predicted octanol–water partition coefficient (Wildman–Crippen LogP) is 2.14. The Balaban J connectivity index is 2.17. The first-order valence-electron chi connectivity index (χ1n) is 7.29. The van der Waals surface area contributed by atoms with Gasteiger partial charge in [-0.2, -0.15) is 0 Å². The molecule has 1 heterocycles. The third kappa shape index (κ3) is 4.67. The number of sulfonamides is 1. The van der Waals surface area contributed by atoms with Gasteiger partial charge in [0.2, 0.25) is 10.0 Å². The van der Waals surface area contributed by atoms with E-state index in [0.29, 0.717) is 5.76 Å². The van der Waals surface area contributed by atoms with Gasteiger partial charge < -0.3 is 10.2 Å². The monoisotopic (exact) mass is 335 g/mol. The summed E-state index contributed by atoms with van der Waals surface area (Å²) in [5, 5.41) is 0. The van der Waals surface area contributed by atoms with E-state index in [4.69, 9.17) is 10.2 Å². The maximum absolute atomic E-state index is 12.4. The smallest absolute Gasteiger partial charge is 0.241 e. The molecule has 0 fully saturated rings. The van der Waals surface area contributed by atoms with Crippen LogP contribution < -0.4 is 10.5 Å². The van der Waals surface area contributed by atoms with Crippen LogP contribution in [0.4, 0.5) is 0 Å². The van der Waals surface area contributed by atoms with Crippen LogP contribution in [0.1, 0.15) is 19.6 Å². The molecule has 0 aliphatic heterocycles. The van der Waals surface area contributed by atoms with Crippen LogP contribution in [0.15, 0.2) is 63.0 Å². The van der Waals surface area contributed by atoms with Crippen molar-refractivity contribution < 1.29 is 12.8 Å². The van der Waals surface area contributed by atoms with E-state index in [0.717, 1.165) is 0 Å². The number of amidine groups is 1. The zero-order chi connectivity index (χ0) is 16.9. The largest absolute Gasteiger partial charge is 0.467 e. The lowest BCUT2D eigenvalue weighted by molar-refractivity contribution is 0.507. The van der Waals surface area contributed by atoms with E-state index in [1.165, 1.54) is 12.1 Å². The van der Waals surface area contributed by atoms with Crippen molar-refractivity contribution in [1.29, 1.82) is 0 Å². The van der Waals surface area contributed by atoms with Crippen LogP contribution in [0.2, 0.25) is 0 Å². The molecule has 0 aliphatic carbocycles. The Kier molecular flexibility index (Phi) is 5.57. The van der Waals surface area contributed by atoms with Crippen LogP contribution in [0.5, 0.6) is 0 Å². The van der Waals surface area contributed by atoms with Crippen molar-refractivity contribution in [3.63, 3.8) is 0 Å². The van der Waals surface area contributed by atoms with Crippen LogP contribution in [0.25, 0.3) is 0 Å². The Hall–Kier alpha value is -2.12. The number of nitrogens with zero attached hydrogens (tertiary/aromatic N) is 1.